The maximum Gasteiger partial charge on any atom is 0.425 e. The van der Waals surface area contributed by atoms with E-state index in [1.807, 2.05) is 30.3 Å². The molecule has 350 valence electrons. The number of ether oxygens (including phenoxy) is 4. The molecule has 1 saturated heterocycles. The number of carbonyl (C=O) groups is 5. The number of hydrogen-bond donors (Lipinski definition) is 3. The molecule has 1 fully saturated rings. The quantitative estimate of drug-likeness (QED) is 0.0533. The van der Waals surface area contributed by atoms with Crippen LogP contribution in [0.1, 0.15) is 99.5 Å². The summed E-state index contributed by atoms with van der Waals surface area (Å²) in [6, 6.07) is 9.34. The highest BCUT2D eigenvalue weighted by molar-refractivity contribution is 7.87. The van der Waals surface area contributed by atoms with Crippen molar-refractivity contribution in [3.05, 3.63) is 75.1 Å². The summed E-state index contributed by atoms with van der Waals surface area (Å²) in [6.07, 6.45) is -1.21. The Morgan fingerprint density at radius 1 is 0.922 bits per heavy atom. The molecule has 0 bridgehead atoms. The number of carbonyl (C=O) groups excluding carboxylic acids is 5. The minimum Gasteiger partial charge on any atom is -0.483 e. The summed E-state index contributed by atoms with van der Waals surface area (Å²) in [4.78, 5) is 88.7. The van der Waals surface area contributed by atoms with E-state index in [0.29, 0.717) is 4.31 Å². The average molecular weight is 932 g/mol. The van der Waals surface area contributed by atoms with Gasteiger partial charge in [0.15, 0.2) is 22.4 Å². The minimum atomic E-state index is -4.76. The van der Waals surface area contributed by atoms with E-state index in [4.69, 9.17) is 23.8 Å². The predicted octanol–water partition coefficient (Wildman–Crippen LogP) is 4.95. The Morgan fingerprint density at radius 3 is 2.14 bits per heavy atom. The normalized spacial score (nSPS) is 15.9. The van der Waals surface area contributed by atoms with Gasteiger partial charge in [-0.2, -0.15) is 17.4 Å². The van der Waals surface area contributed by atoms with Crippen molar-refractivity contribution >= 4 is 62.2 Å². The highest BCUT2D eigenvalue weighted by Crippen LogP contribution is 2.25. The van der Waals surface area contributed by atoms with Gasteiger partial charge in [-0.1, -0.05) is 35.5 Å². The molecule has 22 heteroatoms. The lowest BCUT2D eigenvalue weighted by Gasteiger charge is -2.37. The second-order valence-electron chi connectivity index (χ2n) is 18.3. The van der Waals surface area contributed by atoms with Crippen molar-refractivity contribution in [2.24, 2.45) is 18.1 Å². The highest BCUT2D eigenvalue weighted by Gasteiger charge is 2.43. The van der Waals surface area contributed by atoms with Gasteiger partial charge in [0.25, 0.3) is 0 Å². The van der Waals surface area contributed by atoms with Crippen LogP contribution in [0.25, 0.3) is 0 Å². The van der Waals surface area contributed by atoms with Gasteiger partial charge in [-0.15, -0.1) is 11.3 Å². The van der Waals surface area contributed by atoms with Gasteiger partial charge in [0.05, 0.1) is 24.7 Å². The first kappa shape index (κ1) is 50.8. The number of Topliss-reactive ketones (excluding diaryl/α,β-unsaturated/α-hetero) is 1. The number of esters is 1. The number of thiazole rings is 1. The Labute approximate surface area is 376 Å². The molecule has 3 aromatic rings. The smallest absolute Gasteiger partial charge is 0.425 e. The van der Waals surface area contributed by atoms with Crippen LogP contribution >= 0.6 is 11.3 Å². The van der Waals surface area contributed by atoms with Crippen LogP contribution in [-0.2, 0) is 63.8 Å². The van der Waals surface area contributed by atoms with Crippen LogP contribution in [0.15, 0.2) is 57.9 Å². The molecular weight excluding hydrogens is 875 g/mol. The fourth-order valence-corrected chi connectivity index (χ4v) is 7.26. The van der Waals surface area contributed by atoms with Gasteiger partial charge in [-0.05, 0) is 81.7 Å². The van der Waals surface area contributed by atoms with Crippen LogP contribution in [0.3, 0.4) is 0 Å². The van der Waals surface area contributed by atoms with E-state index in [1.165, 1.54) is 30.0 Å². The molecule has 1 unspecified atom stereocenters. The van der Waals surface area contributed by atoms with Crippen LogP contribution in [0, 0.1) is 5.92 Å². The summed E-state index contributed by atoms with van der Waals surface area (Å²) in [6.45, 7) is 16.4. The molecule has 0 radical (unpaired) electrons. The Bertz CT molecular complexity index is 2410. The first-order valence-electron chi connectivity index (χ1n) is 20.1. The third kappa shape index (κ3) is 14.9. The number of aryl methyl sites for hydroxylation is 1. The molecule has 0 aliphatic carbocycles. The van der Waals surface area contributed by atoms with E-state index in [2.05, 4.69) is 25.5 Å². The Hall–Kier alpha value is -5.87. The molecule has 2 aromatic heterocycles. The molecule has 3 N–H and O–H groups in total. The van der Waals surface area contributed by atoms with Crippen LogP contribution in [0.5, 0.6) is 5.75 Å². The maximum absolute atomic E-state index is 14.0. The van der Waals surface area contributed by atoms with Crippen molar-refractivity contribution in [3.8, 4) is 5.75 Å². The van der Waals surface area contributed by atoms with E-state index >= 15 is 0 Å². The fraction of sp³-hybridized carbons (Fsp3) is 0.524. The summed E-state index contributed by atoms with van der Waals surface area (Å²) in [7, 11) is -3.21. The Balaban J connectivity index is 1.55. The number of nitrogens with one attached hydrogen (secondary N) is 3. The van der Waals surface area contributed by atoms with Gasteiger partial charge in [0, 0.05) is 37.2 Å². The molecular formula is C42H57N7O13S2. The Morgan fingerprint density at radius 2 is 1.55 bits per heavy atom. The van der Waals surface area contributed by atoms with E-state index in [1.54, 1.807) is 69.4 Å². The van der Waals surface area contributed by atoms with Crippen molar-refractivity contribution < 1.29 is 56.2 Å². The third-order valence-corrected chi connectivity index (χ3v) is 10.8. The fourth-order valence-electron chi connectivity index (χ4n) is 5.50. The number of ketones is 1. The summed E-state index contributed by atoms with van der Waals surface area (Å²) < 4.78 is 53.9. The summed E-state index contributed by atoms with van der Waals surface area (Å²) in [5, 5.41) is 10.5. The Kier molecular flexibility index (Phi) is 15.8. The monoisotopic (exact) mass is 931 g/mol. The lowest BCUT2D eigenvalue weighted by molar-refractivity contribution is -0.179. The van der Waals surface area contributed by atoms with Crippen molar-refractivity contribution in [3.63, 3.8) is 0 Å². The number of β-lactam (4-membered cyclic amide) rings is 1. The number of pyridine rings is 1. The zero-order valence-electron chi connectivity index (χ0n) is 38.0. The third-order valence-electron chi connectivity index (χ3n) is 8.65. The summed E-state index contributed by atoms with van der Waals surface area (Å²) in [5.74, 6) is -3.28. The van der Waals surface area contributed by atoms with Crippen molar-refractivity contribution in [1.29, 1.82) is 0 Å². The molecule has 1 aromatic carbocycles. The van der Waals surface area contributed by atoms with E-state index in [-0.39, 0.29) is 28.9 Å². The van der Waals surface area contributed by atoms with Crippen LogP contribution < -0.4 is 25.5 Å². The molecule has 3 heterocycles. The number of amides is 3. The van der Waals surface area contributed by atoms with Gasteiger partial charge in [-0.3, -0.25) is 19.7 Å². The zero-order valence-corrected chi connectivity index (χ0v) is 39.6. The van der Waals surface area contributed by atoms with Gasteiger partial charge >= 0.3 is 28.4 Å². The molecule has 1 aliphatic rings. The molecule has 1 aliphatic heterocycles. The van der Waals surface area contributed by atoms with Crippen LogP contribution in [-0.4, -0.2) is 92.8 Å². The maximum atomic E-state index is 14.0. The summed E-state index contributed by atoms with van der Waals surface area (Å²) >= 11 is 0.933. The first-order chi connectivity index (χ1) is 29.4. The number of hydrogen-bond acceptors (Lipinski definition) is 16. The number of oxime groups is 1. The topological polar surface area (TPSA) is 252 Å². The lowest BCUT2D eigenvalue weighted by Crippen LogP contribution is -2.63. The number of nitrogens with zero attached hydrogens (tertiary/aromatic N) is 4. The van der Waals surface area contributed by atoms with E-state index in [0.717, 1.165) is 23.0 Å². The highest BCUT2D eigenvalue weighted by atomic mass is 32.2. The molecule has 4 rings (SSSR count). The molecule has 0 spiro atoms. The average Bonchev–Trinajstić information content (AvgIpc) is 3.60. The minimum absolute atomic E-state index is 0.000390. The number of benzene rings is 1. The van der Waals surface area contributed by atoms with E-state index in [9.17, 15) is 37.2 Å². The number of aromatic nitrogens is 2. The van der Waals surface area contributed by atoms with Crippen LogP contribution in [0.4, 0.5) is 14.7 Å². The largest absolute Gasteiger partial charge is 0.483 e. The second kappa shape index (κ2) is 19.9. The molecule has 2 atom stereocenters. The molecule has 3 amide bonds. The zero-order chi connectivity index (χ0) is 48.0. The first-order valence-corrected chi connectivity index (χ1v) is 22.4. The second-order valence-corrected chi connectivity index (χ2v) is 20.8. The van der Waals surface area contributed by atoms with Crippen molar-refractivity contribution in [1.82, 2.24) is 23.9 Å². The molecule has 0 saturated carbocycles. The van der Waals surface area contributed by atoms with Gasteiger partial charge in [0.1, 0.15) is 29.1 Å². The van der Waals surface area contributed by atoms with Crippen LogP contribution in [0.2, 0.25) is 0 Å². The standard InChI is InChI=1S/C42H57N7O13S2/c1-39(2,3)59-35(53)42(10,11)62-47-33(29-24-63-36(45-29)46-37(54)60-40(4,5)6)31(51)19-27-28(44-34(27)52)20-43-64(56,57)49(38(55)61-41(7,8)9)21-26-18-30(50)32(22-48(26)12)58-23-25-16-14-13-15-17-25/h13-18,22,24,27-28,43H,19-21,23H2,1-12H3,(H,44,52)(H,45,46,54)/b47-33-/t27?,28-/m1/s1. The molecule has 20 nitrogen and oxygen atoms in total. The SMILES string of the molecule is Cn1cc(OCc2ccccc2)c(=O)cc1CN(C(=O)OC(C)(C)C)S(=O)(=O)NC[C@H]1NC(=O)C1CC(=O)/C(=N\OC(C)(C)C(=O)OC(C)(C)C)c1csc(NC(=O)OC(C)(C)C)n1. The van der Waals surface area contributed by atoms with Gasteiger partial charge < -0.3 is 33.7 Å². The lowest BCUT2D eigenvalue weighted by atomic mass is 9.85. The van der Waals surface area contributed by atoms with Gasteiger partial charge in [0.2, 0.25) is 16.9 Å². The van der Waals surface area contributed by atoms with Crippen molar-refractivity contribution in [2.45, 2.75) is 124 Å². The summed E-state index contributed by atoms with van der Waals surface area (Å²) in [5.41, 5.74) is -4.63. The number of rotatable bonds is 17. The number of anilines is 1. The molecule has 64 heavy (non-hydrogen) atoms. The van der Waals surface area contributed by atoms with E-state index < -0.39 is 105 Å². The predicted molar refractivity (Wildman–Crippen MR) is 236 cm³/mol. The van der Waals surface area contributed by atoms with Crippen molar-refractivity contribution in [2.75, 3.05) is 11.9 Å². The van der Waals surface area contributed by atoms with Gasteiger partial charge in [-0.25, -0.2) is 19.4 Å².